The van der Waals surface area contributed by atoms with Gasteiger partial charge in [-0.2, -0.15) is 0 Å². The predicted octanol–water partition coefficient (Wildman–Crippen LogP) is 3.65. The zero-order valence-electron chi connectivity index (χ0n) is 39.0. The Labute approximate surface area is 387 Å². The Bertz CT molecular complexity index is 1520. The van der Waals surface area contributed by atoms with Crippen molar-refractivity contribution < 1.29 is 89.5 Å². The molecule has 0 radical (unpaired) electrons. The summed E-state index contributed by atoms with van der Waals surface area (Å²) in [5.41, 5.74) is 0. The summed E-state index contributed by atoms with van der Waals surface area (Å²) in [6.07, 6.45) is 9.95. The highest BCUT2D eigenvalue weighted by molar-refractivity contribution is 7.47. The Hall–Kier alpha value is -3.89. The van der Waals surface area contributed by atoms with E-state index in [2.05, 4.69) is 21.3 Å². The van der Waals surface area contributed by atoms with E-state index in [0.29, 0.717) is 25.7 Å². The summed E-state index contributed by atoms with van der Waals surface area (Å²) in [6.45, 7) is 6.77. The molecule has 4 unspecified atom stereocenters. The van der Waals surface area contributed by atoms with Crippen molar-refractivity contribution in [3.63, 3.8) is 0 Å². The van der Waals surface area contributed by atoms with Gasteiger partial charge in [-0.1, -0.05) is 24.3 Å². The molecule has 0 rings (SSSR count). The standard InChI is InChI=1S/C41H72N4O19P2/c1-7-9-11-13-15-39(50)63-33(5)17-21-57-27-35(44-37(48)25-31(3)46)29-61-65(53,54)59-23-19-42-41(52)43-20-24-60-66(55,56)62-30-36(45-38(49)26-32(4)47)28-58-22-18-34(6)64-40(51)16-14-12-10-8-2/h7-10,33-36H,11-30H2,1-6H3,(H,44,48)(H,45,49)(H,53,54)(H,55,56)(H2,42,43,52)/b9-7-,10-8-/t33-,34-,35?,36?/m1/s1. The molecule has 0 saturated heterocycles. The fraction of sp³-hybridized carbons (Fsp3) is 0.732. The average Bonchev–Trinajstić information content (AvgIpc) is 3.22. The van der Waals surface area contributed by atoms with Gasteiger partial charge in [-0.3, -0.25) is 46.9 Å². The van der Waals surface area contributed by atoms with Gasteiger partial charge in [-0.05, 0) is 67.2 Å². The van der Waals surface area contributed by atoms with E-state index in [9.17, 15) is 52.5 Å². The number of phosphoric ester groups is 2. The second kappa shape index (κ2) is 37.1. The molecule has 0 bridgehead atoms. The van der Waals surface area contributed by atoms with Crippen LogP contribution in [-0.2, 0) is 74.9 Å². The van der Waals surface area contributed by atoms with Gasteiger partial charge in [0.25, 0.3) is 0 Å². The molecule has 0 aliphatic rings. The SMILES string of the molecule is C/C=C\CCCC(=O)O[C@H](C)CCOCC(COP(=O)(O)OCCNC(=O)NCCOP(=O)(O)OCC(COCC[C@@H](C)OC(=O)CCC/C=C\C)NC(=O)CC(C)=O)NC(=O)CC(C)=O. The molecule has 0 spiro atoms. The van der Waals surface area contributed by atoms with E-state index in [1.54, 1.807) is 13.8 Å². The number of phosphoric acid groups is 2. The summed E-state index contributed by atoms with van der Waals surface area (Å²) in [5.74, 6) is -2.85. The third-order valence-corrected chi connectivity index (χ3v) is 10.3. The van der Waals surface area contributed by atoms with E-state index in [1.807, 2.05) is 38.2 Å². The van der Waals surface area contributed by atoms with Crippen molar-refractivity contribution in [3.05, 3.63) is 24.3 Å². The molecule has 0 fully saturated rings. The molecule has 4 amide bonds. The van der Waals surface area contributed by atoms with Gasteiger partial charge in [0.15, 0.2) is 0 Å². The third-order valence-electron chi connectivity index (χ3n) is 8.33. The quantitative estimate of drug-likeness (QED) is 0.0168. The number of unbranched alkanes of at least 4 members (excludes halogenated alkanes) is 2. The molecule has 23 nitrogen and oxygen atoms in total. The number of hydrogen-bond donors (Lipinski definition) is 6. The Morgan fingerprint density at radius 3 is 1.30 bits per heavy atom. The summed E-state index contributed by atoms with van der Waals surface area (Å²) >= 11 is 0. The van der Waals surface area contributed by atoms with Gasteiger partial charge in [-0.25, -0.2) is 13.9 Å². The van der Waals surface area contributed by atoms with Gasteiger partial charge < -0.3 is 50.0 Å². The number of nitrogens with one attached hydrogen (secondary N) is 4. The van der Waals surface area contributed by atoms with Crippen molar-refractivity contribution in [3.8, 4) is 0 Å². The predicted molar refractivity (Wildman–Crippen MR) is 239 cm³/mol. The van der Waals surface area contributed by atoms with Crippen molar-refractivity contribution in [1.82, 2.24) is 21.3 Å². The molecular weight excluding hydrogens is 914 g/mol. The number of hydrogen-bond acceptors (Lipinski definition) is 17. The van der Waals surface area contributed by atoms with Crippen LogP contribution in [0.4, 0.5) is 4.79 Å². The van der Waals surface area contributed by atoms with Crippen LogP contribution in [0.3, 0.4) is 0 Å². The molecule has 0 aromatic heterocycles. The van der Waals surface area contributed by atoms with Crippen LogP contribution in [-0.4, -0.2) is 141 Å². The Kier molecular flexibility index (Phi) is 34.9. The van der Waals surface area contributed by atoms with E-state index in [-0.39, 0.29) is 64.3 Å². The molecule has 0 aromatic rings. The second-order valence-electron chi connectivity index (χ2n) is 14.9. The van der Waals surface area contributed by atoms with Crippen LogP contribution in [0.1, 0.15) is 106 Å². The largest absolute Gasteiger partial charge is 0.472 e. The van der Waals surface area contributed by atoms with Crippen molar-refractivity contribution >= 4 is 57.0 Å². The fourth-order valence-corrected chi connectivity index (χ4v) is 6.65. The first-order valence-electron chi connectivity index (χ1n) is 21.8. The normalized spacial score (nSPS) is 15.2. The fourth-order valence-electron chi connectivity index (χ4n) is 5.13. The van der Waals surface area contributed by atoms with Crippen LogP contribution < -0.4 is 21.3 Å². The van der Waals surface area contributed by atoms with E-state index < -0.39 is 109 Å². The lowest BCUT2D eigenvalue weighted by atomic mass is 10.2. The smallest absolute Gasteiger partial charge is 0.463 e. The minimum absolute atomic E-state index is 0.106. The lowest BCUT2D eigenvalue weighted by Gasteiger charge is -2.21. The van der Waals surface area contributed by atoms with E-state index in [4.69, 9.17) is 37.0 Å². The van der Waals surface area contributed by atoms with Crippen LogP contribution in [0.2, 0.25) is 0 Å². The highest BCUT2D eigenvalue weighted by Crippen LogP contribution is 2.43. The zero-order valence-corrected chi connectivity index (χ0v) is 40.8. The maximum absolute atomic E-state index is 12.5. The highest BCUT2D eigenvalue weighted by Gasteiger charge is 2.26. The Balaban J connectivity index is 4.73. The maximum Gasteiger partial charge on any atom is 0.472 e. The number of ether oxygens (including phenoxy) is 4. The summed E-state index contributed by atoms with van der Waals surface area (Å²) in [6, 6.07) is -2.75. The van der Waals surface area contributed by atoms with Crippen LogP contribution in [0.15, 0.2) is 24.3 Å². The molecule has 0 aliphatic carbocycles. The first-order valence-corrected chi connectivity index (χ1v) is 24.8. The second-order valence-corrected chi connectivity index (χ2v) is 17.8. The van der Waals surface area contributed by atoms with Gasteiger partial charge in [0.05, 0.1) is 77.8 Å². The van der Waals surface area contributed by atoms with Crippen LogP contribution in [0.5, 0.6) is 0 Å². The molecule has 380 valence electrons. The van der Waals surface area contributed by atoms with Crippen molar-refractivity contribution in [2.75, 3.05) is 65.9 Å². The molecule has 0 saturated carbocycles. The number of rotatable bonds is 40. The van der Waals surface area contributed by atoms with Gasteiger partial charge in [0, 0.05) is 38.8 Å². The number of carbonyl (C=O) groups is 7. The van der Waals surface area contributed by atoms with Gasteiger partial charge in [-0.15, -0.1) is 0 Å². The Morgan fingerprint density at radius 2 is 0.955 bits per heavy atom. The molecule has 0 aliphatic heterocycles. The highest BCUT2D eigenvalue weighted by atomic mass is 31.2. The van der Waals surface area contributed by atoms with Gasteiger partial charge in [0.2, 0.25) is 11.8 Å². The number of esters is 2. The van der Waals surface area contributed by atoms with Crippen molar-refractivity contribution in [2.24, 2.45) is 0 Å². The lowest BCUT2D eigenvalue weighted by Crippen LogP contribution is -2.42. The maximum atomic E-state index is 12.5. The molecule has 0 aromatic carbocycles. The monoisotopic (exact) mass is 986 g/mol. The minimum Gasteiger partial charge on any atom is -0.463 e. The number of allylic oxidation sites excluding steroid dienone is 4. The van der Waals surface area contributed by atoms with Crippen LogP contribution in [0.25, 0.3) is 0 Å². The van der Waals surface area contributed by atoms with E-state index in [1.165, 1.54) is 13.8 Å². The number of Topliss-reactive ketones (excluding diaryl/α,β-unsaturated/α-hetero) is 2. The number of carbonyl (C=O) groups excluding carboxylic acids is 7. The summed E-state index contributed by atoms with van der Waals surface area (Å²) < 4.78 is 66.6. The summed E-state index contributed by atoms with van der Waals surface area (Å²) in [7, 11) is -9.44. The number of amides is 4. The van der Waals surface area contributed by atoms with Gasteiger partial charge in [0.1, 0.15) is 23.8 Å². The number of ketones is 2. The molecule has 0 heterocycles. The van der Waals surface area contributed by atoms with Crippen LogP contribution >= 0.6 is 15.6 Å². The number of urea groups is 1. The summed E-state index contributed by atoms with van der Waals surface area (Å²) in [5, 5.41) is 9.63. The molecule has 6 N–H and O–H groups in total. The molecule has 25 heteroatoms. The van der Waals surface area contributed by atoms with Crippen molar-refractivity contribution in [2.45, 2.75) is 130 Å². The third kappa shape index (κ3) is 38.2. The molecular formula is C41H72N4O19P2. The minimum atomic E-state index is -4.72. The summed E-state index contributed by atoms with van der Waals surface area (Å²) in [4.78, 5) is 104. The lowest BCUT2D eigenvalue weighted by molar-refractivity contribution is -0.150. The average molecular weight is 987 g/mol. The molecule has 6 atom stereocenters. The van der Waals surface area contributed by atoms with E-state index >= 15 is 0 Å². The Morgan fingerprint density at radius 1 is 0.576 bits per heavy atom. The molecule has 66 heavy (non-hydrogen) atoms. The van der Waals surface area contributed by atoms with Crippen molar-refractivity contribution in [1.29, 1.82) is 0 Å². The van der Waals surface area contributed by atoms with Crippen LogP contribution in [0, 0.1) is 0 Å². The zero-order chi connectivity index (χ0) is 49.8. The first-order chi connectivity index (χ1) is 31.2. The first kappa shape index (κ1) is 62.1. The van der Waals surface area contributed by atoms with Gasteiger partial charge >= 0.3 is 33.6 Å². The topological polar surface area (TPSA) is 316 Å². The van der Waals surface area contributed by atoms with E-state index in [0.717, 1.165) is 12.8 Å².